The maximum absolute atomic E-state index is 13.5. The highest BCUT2D eigenvalue weighted by atomic mass is 32.2. The van der Waals surface area contributed by atoms with Crippen molar-refractivity contribution in [2.24, 2.45) is 5.92 Å². The molecule has 0 spiro atoms. The van der Waals surface area contributed by atoms with Gasteiger partial charge < -0.3 is 14.8 Å². The zero-order chi connectivity index (χ0) is 25.1. The summed E-state index contributed by atoms with van der Waals surface area (Å²) in [5.41, 5.74) is 0. The van der Waals surface area contributed by atoms with Gasteiger partial charge >= 0.3 is 45.1 Å². The van der Waals surface area contributed by atoms with Crippen LogP contribution in [-0.2, 0) is 29.2 Å². The zero-order valence-electron chi connectivity index (χ0n) is 15.7. The van der Waals surface area contributed by atoms with E-state index in [4.69, 9.17) is 4.55 Å². The molecule has 8 nitrogen and oxygen atoms in total. The molecule has 1 amide bonds. The molecule has 2 N–H and O–H groups in total. The van der Waals surface area contributed by atoms with Gasteiger partial charge in [-0.15, -0.1) is 0 Å². The Bertz CT molecular complexity index is 797. The van der Waals surface area contributed by atoms with E-state index in [9.17, 15) is 53.1 Å². The van der Waals surface area contributed by atoms with E-state index in [0.29, 0.717) is 0 Å². The molecule has 1 atom stereocenters. The normalized spacial score (nSPS) is 15.4. The van der Waals surface area contributed by atoms with Crippen LogP contribution in [0.2, 0.25) is 0 Å². The molecule has 0 aliphatic rings. The largest absolute Gasteiger partial charge is 0.466 e. The Morgan fingerprint density at radius 1 is 1.10 bits per heavy atom. The number of amides is 1. The average Bonchev–Trinajstić information content (AvgIpc) is 2.55. The zero-order valence-corrected chi connectivity index (χ0v) is 16.6. The summed E-state index contributed by atoms with van der Waals surface area (Å²) in [7, 11) is -6.71. The van der Waals surface area contributed by atoms with Gasteiger partial charge in [-0.3, -0.25) is 9.35 Å². The summed E-state index contributed by atoms with van der Waals surface area (Å²) in [6.45, 7) is 2.46. The molecule has 17 heteroatoms. The summed E-state index contributed by atoms with van der Waals surface area (Å²) in [5, 5.41) is -4.55. The van der Waals surface area contributed by atoms with E-state index in [1.807, 2.05) is 0 Å². The maximum Gasteiger partial charge on any atom is 0.466 e. The third kappa shape index (κ3) is 6.73. The third-order valence-corrected chi connectivity index (χ3v) is 4.22. The standard InChI is InChI=1S/C14H17F8NO7S/c1-7(2)6-23-10(25)12(13(18,19)20,30-9(24)8(3)15)29-5-4-11(16,17)14(21,22)31(26,27)28/h7H,3-6H2,1-2H3,(H,23,25)(H,26,27,28). The van der Waals surface area contributed by atoms with Gasteiger partial charge in [0.1, 0.15) is 0 Å². The van der Waals surface area contributed by atoms with Crippen molar-refractivity contribution >= 4 is 22.0 Å². The smallest absolute Gasteiger partial charge is 0.410 e. The first-order chi connectivity index (χ1) is 13.6. The lowest BCUT2D eigenvalue weighted by Gasteiger charge is -2.33. The van der Waals surface area contributed by atoms with Gasteiger partial charge in [-0.25, -0.2) is 4.79 Å². The van der Waals surface area contributed by atoms with Gasteiger partial charge in [0.15, 0.2) is 0 Å². The van der Waals surface area contributed by atoms with Crippen LogP contribution in [0.25, 0.3) is 0 Å². The van der Waals surface area contributed by atoms with Crippen LogP contribution < -0.4 is 5.32 Å². The van der Waals surface area contributed by atoms with Crippen LogP contribution >= 0.6 is 0 Å². The van der Waals surface area contributed by atoms with Crippen molar-refractivity contribution in [1.82, 2.24) is 5.32 Å². The highest BCUT2D eigenvalue weighted by Gasteiger charge is 2.68. The Hall–Kier alpha value is -2.01. The average molecular weight is 495 g/mol. The number of hydrogen-bond donors (Lipinski definition) is 2. The highest BCUT2D eigenvalue weighted by molar-refractivity contribution is 7.87. The second kappa shape index (κ2) is 9.64. The van der Waals surface area contributed by atoms with Crippen molar-refractivity contribution < 1.29 is 67.2 Å². The Balaban J connectivity index is 6.02. The Labute approximate surface area is 170 Å². The minimum atomic E-state index is -6.71. The van der Waals surface area contributed by atoms with Crippen LogP contribution in [0.15, 0.2) is 12.4 Å². The summed E-state index contributed by atoms with van der Waals surface area (Å²) in [6.07, 6.45) is -8.57. The van der Waals surface area contributed by atoms with E-state index in [1.165, 1.54) is 13.8 Å². The number of alkyl halides is 7. The number of carbonyl (C=O) groups excluding carboxylic acids is 2. The first kappa shape index (κ1) is 29.0. The van der Waals surface area contributed by atoms with Gasteiger partial charge in [-0.2, -0.15) is 43.5 Å². The minimum absolute atomic E-state index is 0.500. The fourth-order valence-electron chi connectivity index (χ4n) is 1.67. The van der Waals surface area contributed by atoms with Crippen molar-refractivity contribution in [3.8, 4) is 0 Å². The number of nitrogens with one attached hydrogen (secondary N) is 1. The van der Waals surface area contributed by atoms with Crippen molar-refractivity contribution in [2.45, 2.75) is 43.4 Å². The minimum Gasteiger partial charge on any atom is -0.410 e. The number of carbonyl (C=O) groups is 2. The lowest BCUT2D eigenvalue weighted by atomic mass is 10.2. The summed E-state index contributed by atoms with van der Waals surface area (Å²) in [4.78, 5) is 23.3. The van der Waals surface area contributed by atoms with Crippen molar-refractivity contribution in [2.75, 3.05) is 13.2 Å². The molecule has 0 saturated heterocycles. The number of rotatable bonds is 11. The van der Waals surface area contributed by atoms with Crippen LogP contribution in [0, 0.1) is 5.92 Å². The Morgan fingerprint density at radius 3 is 1.94 bits per heavy atom. The van der Waals surface area contributed by atoms with Gasteiger partial charge in [0.2, 0.25) is 5.83 Å². The molecule has 1 unspecified atom stereocenters. The first-order valence-corrected chi connectivity index (χ1v) is 9.35. The van der Waals surface area contributed by atoms with Gasteiger partial charge in [-0.05, 0) is 5.92 Å². The fraction of sp³-hybridized carbons (Fsp3) is 0.714. The molecule has 0 radical (unpaired) electrons. The van der Waals surface area contributed by atoms with Crippen molar-refractivity contribution in [3.05, 3.63) is 12.4 Å². The predicted octanol–water partition coefficient (Wildman–Crippen LogP) is 2.57. The van der Waals surface area contributed by atoms with Crippen LogP contribution in [0.5, 0.6) is 0 Å². The lowest BCUT2D eigenvalue weighted by molar-refractivity contribution is -0.350. The van der Waals surface area contributed by atoms with Crippen LogP contribution in [0.3, 0.4) is 0 Å². The SMILES string of the molecule is C=C(F)C(=O)OC(OCCC(F)(F)C(F)(F)S(=O)(=O)O)(C(=O)NCC(C)C)C(F)(F)F. The van der Waals surface area contributed by atoms with E-state index in [-0.39, 0.29) is 0 Å². The molecule has 0 aromatic heterocycles. The number of hydrogen-bond acceptors (Lipinski definition) is 6. The molecule has 0 heterocycles. The molecular weight excluding hydrogens is 478 g/mol. The molecule has 0 rings (SSSR count). The summed E-state index contributed by atoms with van der Waals surface area (Å²) in [6, 6.07) is 0. The van der Waals surface area contributed by atoms with E-state index in [2.05, 4.69) is 16.1 Å². The van der Waals surface area contributed by atoms with Gasteiger partial charge in [0, 0.05) is 13.0 Å². The second-order valence-corrected chi connectivity index (χ2v) is 7.77. The van der Waals surface area contributed by atoms with Gasteiger partial charge in [-0.1, -0.05) is 20.4 Å². The molecule has 0 aromatic rings. The number of ether oxygens (including phenoxy) is 2. The molecule has 0 fully saturated rings. The van der Waals surface area contributed by atoms with Crippen LogP contribution in [0.4, 0.5) is 35.1 Å². The monoisotopic (exact) mass is 495 g/mol. The Morgan fingerprint density at radius 2 is 1.58 bits per heavy atom. The quantitative estimate of drug-likeness (QED) is 0.149. The number of esters is 1. The van der Waals surface area contributed by atoms with Crippen LogP contribution in [0.1, 0.15) is 20.3 Å². The molecule has 0 bridgehead atoms. The third-order valence-electron chi connectivity index (χ3n) is 3.27. The first-order valence-electron chi connectivity index (χ1n) is 7.91. The molecule has 0 aliphatic heterocycles. The second-order valence-electron chi connectivity index (χ2n) is 6.31. The molecular formula is C14H17F8NO7S. The Kier molecular flexibility index (Phi) is 9.02. The number of halogens is 8. The van der Waals surface area contributed by atoms with Gasteiger partial charge in [0.05, 0.1) is 6.61 Å². The van der Waals surface area contributed by atoms with E-state index >= 15 is 0 Å². The molecule has 182 valence electrons. The van der Waals surface area contributed by atoms with Crippen molar-refractivity contribution in [3.63, 3.8) is 0 Å². The van der Waals surface area contributed by atoms with Crippen LogP contribution in [-0.4, -0.2) is 61.1 Å². The van der Waals surface area contributed by atoms with E-state index < -0.39 is 76.5 Å². The molecule has 0 aromatic carbocycles. The molecule has 0 saturated carbocycles. The van der Waals surface area contributed by atoms with Gasteiger partial charge in [0.25, 0.3) is 0 Å². The summed E-state index contributed by atoms with van der Waals surface area (Å²) >= 11 is 0. The van der Waals surface area contributed by atoms with E-state index in [0.717, 1.165) is 0 Å². The summed E-state index contributed by atoms with van der Waals surface area (Å²) in [5.74, 6) is -17.9. The summed E-state index contributed by atoms with van der Waals surface area (Å²) < 4.78 is 143. The fourth-order valence-corrected chi connectivity index (χ4v) is 2.15. The lowest BCUT2D eigenvalue weighted by Crippen LogP contribution is -2.62. The predicted molar refractivity (Wildman–Crippen MR) is 85.0 cm³/mol. The maximum atomic E-state index is 13.5. The van der Waals surface area contributed by atoms with Crippen molar-refractivity contribution in [1.29, 1.82) is 0 Å². The molecule has 31 heavy (non-hydrogen) atoms. The highest BCUT2D eigenvalue weighted by Crippen LogP contribution is 2.42. The topological polar surface area (TPSA) is 119 Å². The van der Waals surface area contributed by atoms with E-state index in [1.54, 1.807) is 5.32 Å². The molecule has 0 aliphatic carbocycles.